The highest BCUT2D eigenvalue weighted by Crippen LogP contribution is 2.23. The van der Waals surface area contributed by atoms with Gasteiger partial charge in [0.05, 0.1) is 6.61 Å². The van der Waals surface area contributed by atoms with E-state index in [-0.39, 0.29) is 18.1 Å². The molecule has 0 bridgehead atoms. The molecule has 0 aliphatic carbocycles. The number of hydrogen-bond donors (Lipinski definition) is 1. The highest BCUT2D eigenvalue weighted by Gasteiger charge is 2.21. The van der Waals surface area contributed by atoms with Crippen LogP contribution >= 0.6 is 0 Å². The quantitative estimate of drug-likeness (QED) is 0.769. The van der Waals surface area contributed by atoms with Gasteiger partial charge in [-0.2, -0.15) is 0 Å². The van der Waals surface area contributed by atoms with E-state index in [0.717, 1.165) is 18.2 Å². The lowest BCUT2D eigenvalue weighted by atomic mass is 10.1. The smallest absolute Gasteiger partial charge is 0.337 e. The van der Waals surface area contributed by atoms with E-state index in [4.69, 9.17) is 9.47 Å². The van der Waals surface area contributed by atoms with Crippen LogP contribution in [0.15, 0.2) is 42.5 Å². The summed E-state index contributed by atoms with van der Waals surface area (Å²) in [6.45, 7) is 4.06. The first-order valence-electron chi connectivity index (χ1n) is 7.88. The molecule has 0 amide bonds. The Kier molecular flexibility index (Phi) is 6.47. The molecule has 1 atom stereocenters. The van der Waals surface area contributed by atoms with E-state index in [9.17, 15) is 18.7 Å². The lowest BCUT2D eigenvalue weighted by molar-refractivity contribution is -0.151. The van der Waals surface area contributed by atoms with E-state index in [1.54, 1.807) is 24.3 Å². The molecule has 2 rings (SSSR count). The zero-order chi connectivity index (χ0) is 18.4. The molecule has 4 nitrogen and oxygen atoms in total. The Labute approximate surface area is 145 Å². The van der Waals surface area contributed by atoms with E-state index in [0.29, 0.717) is 17.9 Å². The fraction of sp³-hybridized carbons (Fsp3) is 0.316. The van der Waals surface area contributed by atoms with Crippen molar-refractivity contribution in [2.24, 2.45) is 5.92 Å². The van der Waals surface area contributed by atoms with Gasteiger partial charge in [-0.3, -0.25) is 0 Å². The second-order valence-electron chi connectivity index (χ2n) is 6.04. The van der Waals surface area contributed by atoms with Gasteiger partial charge >= 0.3 is 5.97 Å². The molecule has 25 heavy (non-hydrogen) atoms. The molecule has 2 aromatic carbocycles. The van der Waals surface area contributed by atoms with Crippen LogP contribution in [0.5, 0.6) is 5.75 Å². The van der Waals surface area contributed by atoms with E-state index in [1.807, 2.05) is 13.8 Å². The van der Waals surface area contributed by atoms with Crippen LogP contribution in [0.25, 0.3) is 0 Å². The zero-order valence-corrected chi connectivity index (χ0v) is 14.0. The second-order valence-corrected chi connectivity index (χ2v) is 6.04. The molecule has 1 N–H and O–H groups in total. The van der Waals surface area contributed by atoms with E-state index < -0.39 is 23.7 Å². The van der Waals surface area contributed by atoms with Crippen LogP contribution in [0.2, 0.25) is 0 Å². The number of ether oxygens (including phenoxy) is 2. The molecule has 0 spiro atoms. The molecule has 1 unspecified atom stereocenters. The molecule has 0 aromatic heterocycles. The predicted octanol–water partition coefficient (Wildman–Crippen LogP) is 4.34. The Morgan fingerprint density at radius 1 is 1.12 bits per heavy atom. The van der Waals surface area contributed by atoms with Crippen molar-refractivity contribution >= 4 is 5.97 Å². The Morgan fingerprint density at radius 2 is 1.80 bits per heavy atom. The minimum atomic E-state index is -1.07. The summed E-state index contributed by atoms with van der Waals surface area (Å²) < 4.78 is 37.5. The minimum absolute atomic E-state index is 0.104. The van der Waals surface area contributed by atoms with Gasteiger partial charge < -0.3 is 14.6 Å². The van der Waals surface area contributed by atoms with Crippen molar-refractivity contribution in [3.8, 4) is 5.75 Å². The van der Waals surface area contributed by atoms with Gasteiger partial charge in [0.25, 0.3) is 0 Å². The third-order valence-corrected chi connectivity index (χ3v) is 3.41. The SMILES string of the molecule is CC(C)COC(C(=O)O)c1ccc(OCc2cc(F)ccc2F)cc1. The summed E-state index contributed by atoms with van der Waals surface area (Å²) in [6, 6.07) is 9.45. The largest absolute Gasteiger partial charge is 0.489 e. The molecule has 0 aliphatic heterocycles. The molecule has 0 heterocycles. The highest BCUT2D eigenvalue weighted by molar-refractivity contribution is 5.74. The van der Waals surface area contributed by atoms with Crippen molar-refractivity contribution in [2.75, 3.05) is 6.61 Å². The summed E-state index contributed by atoms with van der Waals surface area (Å²) in [5.74, 6) is -1.53. The van der Waals surface area contributed by atoms with Crippen LogP contribution in [0.3, 0.4) is 0 Å². The van der Waals surface area contributed by atoms with Crippen molar-refractivity contribution in [2.45, 2.75) is 26.6 Å². The summed E-state index contributed by atoms with van der Waals surface area (Å²) in [5.41, 5.74) is 0.588. The monoisotopic (exact) mass is 350 g/mol. The van der Waals surface area contributed by atoms with Crippen molar-refractivity contribution in [3.05, 3.63) is 65.2 Å². The van der Waals surface area contributed by atoms with Gasteiger partial charge in [-0.05, 0) is 41.8 Å². The van der Waals surface area contributed by atoms with E-state index in [1.165, 1.54) is 0 Å². The number of halogens is 2. The van der Waals surface area contributed by atoms with Gasteiger partial charge in [-0.15, -0.1) is 0 Å². The van der Waals surface area contributed by atoms with Gasteiger partial charge in [0, 0.05) is 5.56 Å². The number of carboxylic acids is 1. The zero-order valence-electron chi connectivity index (χ0n) is 14.0. The molecule has 0 aliphatic rings. The maximum absolute atomic E-state index is 13.6. The molecular formula is C19H20F2O4. The third-order valence-electron chi connectivity index (χ3n) is 3.41. The second kappa shape index (κ2) is 8.58. The number of rotatable bonds is 8. The van der Waals surface area contributed by atoms with E-state index in [2.05, 4.69) is 0 Å². The summed E-state index contributed by atoms with van der Waals surface area (Å²) in [4.78, 5) is 11.3. The fourth-order valence-corrected chi connectivity index (χ4v) is 2.15. The average Bonchev–Trinajstić information content (AvgIpc) is 2.56. The Bertz CT molecular complexity index is 714. The van der Waals surface area contributed by atoms with Crippen LogP contribution in [-0.2, 0) is 16.1 Å². The highest BCUT2D eigenvalue weighted by atomic mass is 19.1. The topological polar surface area (TPSA) is 55.8 Å². The molecular weight excluding hydrogens is 330 g/mol. The number of carbonyl (C=O) groups is 1. The molecule has 6 heteroatoms. The average molecular weight is 350 g/mol. The summed E-state index contributed by atoms with van der Waals surface area (Å²) in [5, 5.41) is 9.28. The van der Waals surface area contributed by atoms with Crippen LogP contribution in [0, 0.1) is 17.6 Å². The fourth-order valence-electron chi connectivity index (χ4n) is 2.15. The summed E-state index contributed by atoms with van der Waals surface area (Å²) in [6.07, 6.45) is -1.06. The molecule has 2 aromatic rings. The number of hydrogen-bond acceptors (Lipinski definition) is 3. The molecule has 0 saturated carbocycles. The maximum atomic E-state index is 13.6. The predicted molar refractivity (Wildman–Crippen MR) is 88.3 cm³/mol. The lowest BCUT2D eigenvalue weighted by Gasteiger charge is -2.16. The van der Waals surface area contributed by atoms with Crippen LogP contribution < -0.4 is 4.74 Å². The molecule has 0 fully saturated rings. The standard InChI is InChI=1S/C19H20F2O4/c1-12(2)10-25-18(19(22)23)13-3-6-16(7-4-13)24-11-14-9-15(20)5-8-17(14)21/h3-9,12,18H,10-11H2,1-2H3,(H,22,23). The number of carboxylic acid groups (broad SMARTS) is 1. The molecule has 0 radical (unpaired) electrons. The Balaban J connectivity index is 2.03. The Morgan fingerprint density at radius 3 is 2.40 bits per heavy atom. The summed E-state index contributed by atoms with van der Waals surface area (Å²) in [7, 11) is 0. The first kappa shape index (κ1) is 18.9. The minimum Gasteiger partial charge on any atom is -0.489 e. The van der Waals surface area contributed by atoms with Crippen molar-refractivity contribution < 1.29 is 28.2 Å². The van der Waals surface area contributed by atoms with Crippen LogP contribution in [0.1, 0.15) is 31.1 Å². The van der Waals surface area contributed by atoms with Crippen LogP contribution in [0.4, 0.5) is 8.78 Å². The maximum Gasteiger partial charge on any atom is 0.337 e. The molecule has 134 valence electrons. The lowest BCUT2D eigenvalue weighted by Crippen LogP contribution is -2.17. The first-order valence-corrected chi connectivity index (χ1v) is 7.88. The Hall–Kier alpha value is -2.47. The van der Waals surface area contributed by atoms with Crippen molar-refractivity contribution in [1.82, 2.24) is 0 Å². The third kappa shape index (κ3) is 5.53. The van der Waals surface area contributed by atoms with Crippen molar-refractivity contribution in [1.29, 1.82) is 0 Å². The van der Waals surface area contributed by atoms with Gasteiger partial charge in [0.2, 0.25) is 0 Å². The van der Waals surface area contributed by atoms with Crippen LogP contribution in [-0.4, -0.2) is 17.7 Å². The normalized spacial score (nSPS) is 12.2. The number of aliphatic carboxylic acids is 1. The summed E-state index contributed by atoms with van der Waals surface area (Å²) >= 11 is 0. The van der Waals surface area contributed by atoms with Crippen molar-refractivity contribution in [3.63, 3.8) is 0 Å². The molecule has 0 saturated heterocycles. The van der Waals surface area contributed by atoms with Gasteiger partial charge in [0.15, 0.2) is 6.10 Å². The van der Waals surface area contributed by atoms with E-state index >= 15 is 0 Å². The van der Waals surface area contributed by atoms with Gasteiger partial charge in [0.1, 0.15) is 24.0 Å². The number of benzene rings is 2. The first-order chi connectivity index (χ1) is 11.9. The van der Waals surface area contributed by atoms with Gasteiger partial charge in [-0.1, -0.05) is 26.0 Å². The van der Waals surface area contributed by atoms with Gasteiger partial charge in [-0.25, -0.2) is 13.6 Å².